The van der Waals surface area contributed by atoms with Gasteiger partial charge in [-0.3, -0.25) is 14.9 Å². The number of benzene rings is 2. The van der Waals surface area contributed by atoms with Crippen LogP contribution < -0.4 is 10.6 Å². The summed E-state index contributed by atoms with van der Waals surface area (Å²) in [6.07, 6.45) is 2.90. The second-order valence-corrected chi connectivity index (χ2v) is 7.38. The van der Waals surface area contributed by atoms with Crippen LogP contribution in [0.15, 0.2) is 71.9 Å². The lowest BCUT2D eigenvalue weighted by molar-refractivity contribution is 0.238. The first kappa shape index (κ1) is 24.1. The molecule has 2 aromatic carbocycles. The second kappa shape index (κ2) is 12.5. The number of aliphatic imine (C=N–C) groups is 1. The van der Waals surface area contributed by atoms with Crippen molar-refractivity contribution < 1.29 is 0 Å². The number of pyridine rings is 1. The lowest BCUT2D eigenvalue weighted by Crippen LogP contribution is -2.39. The largest absolute Gasteiger partial charge is 0.356 e. The van der Waals surface area contributed by atoms with Crippen molar-refractivity contribution in [3.63, 3.8) is 0 Å². The van der Waals surface area contributed by atoms with Gasteiger partial charge in [0.1, 0.15) is 0 Å². The summed E-state index contributed by atoms with van der Waals surface area (Å²) in [6, 6.07) is 21.4. The van der Waals surface area contributed by atoms with Crippen molar-refractivity contribution >= 4 is 40.8 Å². The fourth-order valence-electron chi connectivity index (χ4n) is 3.36. The third-order valence-electron chi connectivity index (χ3n) is 5.29. The van der Waals surface area contributed by atoms with Crippen LogP contribution in [0.3, 0.4) is 0 Å². The van der Waals surface area contributed by atoms with Crippen molar-refractivity contribution in [2.45, 2.75) is 32.5 Å². The maximum Gasteiger partial charge on any atom is 0.191 e. The molecule has 0 spiro atoms. The molecule has 1 aromatic heterocycles. The van der Waals surface area contributed by atoms with Gasteiger partial charge >= 0.3 is 0 Å². The van der Waals surface area contributed by atoms with Crippen LogP contribution >= 0.6 is 24.0 Å². The first-order valence-electron chi connectivity index (χ1n) is 10.2. The molecule has 160 valence electrons. The van der Waals surface area contributed by atoms with Gasteiger partial charge in [-0.05, 0) is 43.7 Å². The Kier molecular flexibility index (Phi) is 10.0. The highest BCUT2D eigenvalue weighted by Gasteiger charge is 2.10. The zero-order chi connectivity index (χ0) is 20.5. The van der Waals surface area contributed by atoms with E-state index in [1.165, 1.54) is 16.5 Å². The van der Waals surface area contributed by atoms with Gasteiger partial charge in [-0.2, -0.15) is 0 Å². The minimum absolute atomic E-state index is 0. The summed E-state index contributed by atoms with van der Waals surface area (Å²) in [7, 11) is 3.99. The Balaban J connectivity index is 0.00000320. The van der Waals surface area contributed by atoms with Gasteiger partial charge in [-0.25, -0.2) is 0 Å². The molecule has 2 N–H and O–H groups in total. The molecule has 0 radical (unpaired) electrons. The fraction of sp³-hybridized carbons (Fsp3) is 0.333. The molecule has 0 amide bonds. The Morgan fingerprint density at radius 3 is 2.53 bits per heavy atom. The summed E-state index contributed by atoms with van der Waals surface area (Å²) in [5.74, 6) is 0.823. The minimum atomic E-state index is 0. The molecule has 0 aliphatic rings. The van der Waals surface area contributed by atoms with Crippen LogP contribution in [0.25, 0.3) is 10.9 Å². The highest BCUT2D eigenvalue weighted by Crippen LogP contribution is 2.15. The van der Waals surface area contributed by atoms with E-state index in [9.17, 15) is 0 Å². The maximum atomic E-state index is 4.43. The third-order valence-corrected chi connectivity index (χ3v) is 5.29. The normalized spacial score (nSPS) is 12.5. The molecule has 30 heavy (non-hydrogen) atoms. The van der Waals surface area contributed by atoms with E-state index in [1.54, 1.807) is 0 Å². The predicted octanol–water partition coefficient (Wildman–Crippen LogP) is 4.43. The molecule has 0 aliphatic carbocycles. The lowest BCUT2D eigenvalue weighted by Gasteiger charge is -2.25. The Morgan fingerprint density at radius 2 is 1.77 bits per heavy atom. The Labute approximate surface area is 197 Å². The van der Waals surface area contributed by atoms with E-state index in [4.69, 9.17) is 0 Å². The Bertz CT molecular complexity index is 924. The monoisotopic (exact) mass is 517 g/mol. The van der Waals surface area contributed by atoms with E-state index < -0.39 is 0 Å². The van der Waals surface area contributed by atoms with Crippen LogP contribution in [-0.2, 0) is 13.1 Å². The molecular weight excluding hydrogens is 485 g/mol. The third kappa shape index (κ3) is 6.95. The van der Waals surface area contributed by atoms with E-state index >= 15 is 0 Å². The topological polar surface area (TPSA) is 52.6 Å². The van der Waals surface area contributed by atoms with E-state index in [1.807, 2.05) is 31.4 Å². The highest BCUT2D eigenvalue weighted by atomic mass is 127. The predicted molar refractivity (Wildman–Crippen MR) is 137 cm³/mol. The Hall–Kier alpha value is -2.19. The molecule has 0 aliphatic heterocycles. The Morgan fingerprint density at radius 1 is 1.03 bits per heavy atom. The molecule has 1 atom stereocenters. The average Bonchev–Trinajstić information content (AvgIpc) is 2.76. The van der Waals surface area contributed by atoms with Crippen LogP contribution in [0.1, 0.15) is 24.5 Å². The number of nitrogens with zero attached hydrogens (tertiary/aromatic N) is 3. The van der Waals surface area contributed by atoms with Crippen molar-refractivity contribution in [3.05, 3.63) is 78.0 Å². The average molecular weight is 517 g/mol. The van der Waals surface area contributed by atoms with E-state index in [0.717, 1.165) is 31.0 Å². The molecule has 0 saturated heterocycles. The van der Waals surface area contributed by atoms with Crippen LogP contribution in [0.2, 0.25) is 0 Å². The van der Waals surface area contributed by atoms with Crippen LogP contribution in [0.5, 0.6) is 0 Å². The molecule has 3 aromatic rings. The summed E-state index contributed by atoms with van der Waals surface area (Å²) in [4.78, 5) is 11.2. The molecular formula is C24H32IN5. The first-order valence-corrected chi connectivity index (χ1v) is 10.2. The van der Waals surface area contributed by atoms with E-state index in [0.29, 0.717) is 12.6 Å². The molecule has 0 saturated carbocycles. The molecule has 1 heterocycles. The van der Waals surface area contributed by atoms with Gasteiger partial charge in [-0.15, -0.1) is 24.0 Å². The second-order valence-electron chi connectivity index (χ2n) is 7.38. The van der Waals surface area contributed by atoms with Gasteiger partial charge in [0.05, 0.1) is 5.52 Å². The number of aromatic nitrogens is 1. The van der Waals surface area contributed by atoms with Crippen LogP contribution in [-0.4, -0.2) is 42.5 Å². The maximum absolute atomic E-state index is 4.43. The fourth-order valence-corrected chi connectivity index (χ4v) is 3.36. The van der Waals surface area contributed by atoms with Gasteiger partial charge in [0.2, 0.25) is 0 Å². The summed E-state index contributed by atoms with van der Waals surface area (Å²) in [5.41, 5.74) is 3.58. The summed E-state index contributed by atoms with van der Waals surface area (Å²) in [5, 5.41) is 8.03. The molecule has 3 rings (SSSR count). The summed E-state index contributed by atoms with van der Waals surface area (Å²) in [6.45, 7) is 4.82. The number of rotatable bonds is 8. The number of guanidine groups is 1. The quantitative estimate of drug-likeness (QED) is 0.264. The van der Waals surface area contributed by atoms with Crippen molar-refractivity contribution in [2.75, 3.05) is 20.6 Å². The minimum Gasteiger partial charge on any atom is -0.356 e. The van der Waals surface area contributed by atoms with Crippen LogP contribution in [0, 0.1) is 0 Å². The molecule has 6 heteroatoms. The number of para-hydroxylation sites is 1. The number of halogens is 1. The van der Waals surface area contributed by atoms with E-state index in [-0.39, 0.29) is 24.0 Å². The van der Waals surface area contributed by atoms with Gasteiger partial charge in [0, 0.05) is 44.3 Å². The molecule has 0 fully saturated rings. The van der Waals surface area contributed by atoms with E-state index in [2.05, 4.69) is 81.9 Å². The molecule has 1 unspecified atom stereocenters. The van der Waals surface area contributed by atoms with Crippen molar-refractivity contribution in [2.24, 2.45) is 4.99 Å². The summed E-state index contributed by atoms with van der Waals surface area (Å²) < 4.78 is 0. The van der Waals surface area contributed by atoms with Crippen molar-refractivity contribution in [3.8, 4) is 0 Å². The van der Waals surface area contributed by atoms with Gasteiger partial charge in [-0.1, -0.05) is 48.5 Å². The number of nitrogens with one attached hydrogen (secondary N) is 2. The smallest absolute Gasteiger partial charge is 0.191 e. The highest BCUT2D eigenvalue weighted by molar-refractivity contribution is 14.0. The summed E-state index contributed by atoms with van der Waals surface area (Å²) >= 11 is 0. The van der Waals surface area contributed by atoms with Gasteiger partial charge in [0.15, 0.2) is 5.96 Å². The van der Waals surface area contributed by atoms with Crippen LogP contribution in [0.4, 0.5) is 0 Å². The van der Waals surface area contributed by atoms with Gasteiger partial charge in [0.25, 0.3) is 0 Å². The van der Waals surface area contributed by atoms with Crippen molar-refractivity contribution in [1.82, 2.24) is 20.5 Å². The molecule has 0 bridgehead atoms. The molecule has 5 nitrogen and oxygen atoms in total. The van der Waals surface area contributed by atoms with Gasteiger partial charge < -0.3 is 10.6 Å². The lowest BCUT2D eigenvalue weighted by atomic mass is 10.1. The SMILES string of the molecule is CN=C(NCCC(C)N(C)Cc1ccccc1)NCc1ccnc2ccccc12.I. The number of fused-ring (bicyclic) bond motifs is 1. The zero-order valence-electron chi connectivity index (χ0n) is 18.0. The number of hydrogen-bond acceptors (Lipinski definition) is 3. The first-order chi connectivity index (χ1) is 14.2. The standard InChI is InChI=1S/C24H31N5.HI/c1-19(29(3)18-20-9-5-4-6-10-20)13-15-27-24(25-2)28-17-21-14-16-26-23-12-8-7-11-22(21)23;/h4-12,14,16,19H,13,15,17-18H2,1-3H3,(H2,25,27,28);1H. The number of hydrogen-bond donors (Lipinski definition) is 2. The zero-order valence-corrected chi connectivity index (χ0v) is 20.3. The van der Waals surface area contributed by atoms with Crippen molar-refractivity contribution in [1.29, 1.82) is 0 Å².